The van der Waals surface area contributed by atoms with Gasteiger partial charge in [0.1, 0.15) is 5.01 Å². The Labute approximate surface area is 115 Å². The van der Waals surface area contributed by atoms with Crippen LogP contribution in [0.25, 0.3) is 0 Å². The fraction of sp³-hybridized carbons (Fsp3) is 0.800. The minimum Gasteiger partial charge on any atom is -0.305 e. The van der Waals surface area contributed by atoms with Crippen molar-refractivity contribution < 1.29 is 0 Å². The number of aromatic nitrogens is 1. The van der Waals surface area contributed by atoms with Gasteiger partial charge in [0, 0.05) is 17.6 Å². The Bertz CT molecular complexity index is 345. The lowest BCUT2D eigenvalue weighted by Gasteiger charge is -2.24. The van der Waals surface area contributed by atoms with Crippen LogP contribution < -0.4 is 5.32 Å². The van der Waals surface area contributed by atoms with Crippen molar-refractivity contribution in [2.45, 2.75) is 71.4 Å². The minimum atomic E-state index is 0.455. The highest BCUT2D eigenvalue weighted by molar-refractivity contribution is 7.09. The number of nitrogens with one attached hydrogen (secondary N) is 1. The van der Waals surface area contributed by atoms with E-state index in [4.69, 9.17) is 0 Å². The van der Waals surface area contributed by atoms with Crippen molar-refractivity contribution >= 4 is 11.3 Å². The van der Waals surface area contributed by atoms with Gasteiger partial charge in [0.25, 0.3) is 0 Å². The second kappa shape index (κ2) is 6.16. The van der Waals surface area contributed by atoms with Crippen LogP contribution in [0.15, 0.2) is 11.6 Å². The Balaban J connectivity index is 1.92. The highest BCUT2D eigenvalue weighted by Gasteiger charge is 2.25. The molecule has 1 aromatic heterocycles. The molecule has 1 saturated carbocycles. The predicted octanol–water partition coefficient (Wildman–Crippen LogP) is 4.54. The summed E-state index contributed by atoms with van der Waals surface area (Å²) in [5.74, 6) is 0. The van der Waals surface area contributed by atoms with E-state index in [1.165, 1.54) is 37.1 Å². The van der Waals surface area contributed by atoms with Crippen LogP contribution in [0, 0.1) is 5.41 Å². The Morgan fingerprint density at radius 1 is 1.44 bits per heavy atom. The van der Waals surface area contributed by atoms with Crippen LogP contribution in [0.4, 0.5) is 0 Å². The molecule has 0 saturated heterocycles. The summed E-state index contributed by atoms with van der Waals surface area (Å²) in [4.78, 5) is 4.46. The quantitative estimate of drug-likeness (QED) is 0.809. The van der Waals surface area contributed by atoms with E-state index in [0.717, 1.165) is 6.42 Å². The molecule has 1 N–H and O–H groups in total. The summed E-state index contributed by atoms with van der Waals surface area (Å²) in [6.45, 7) is 7.07. The Morgan fingerprint density at radius 2 is 2.28 bits per heavy atom. The van der Waals surface area contributed by atoms with Crippen LogP contribution in [0.3, 0.4) is 0 Å². The number of hydrogen-bond donors (Lipinski definition) is 1. The fourth-order valence-corrected chi connectivity index (χ4v) is 3.66. The average molecular weight is 266 g/mol. The standard InChI is InChI=1S/C15H26N2S/c1-4-13(14-16-10-11-18-14)17-12-6-5-8-15(2,3)9-7-12/h10-13,17H,4-9H2,1-3H3. The summed E-state index contributed by atoms with van der Waals surface area (Å²) < 4.78 is 0. The molecule has 3 heteroatoms. The zero-order chi connectivity index (χ0) is 13.0. The first kappa shape index (κ1) is 14.0. The van der Waals surface area contributed by atoms with Gasteiger partial charge in [-0.05, 0) is 37.5 Å². The molecule has 1 heterocycles. The average Bonchev–Trinajstić information content (AvgIpc) is 2.80. The summed E-state index contributed by atoms with van der Waals surface area (Å²) in [5, 5.41) is 7.16. The summed E-state index contributed by atoms with van der Waals surface area (Å²) in [7, 11) is 0. The largest absolute Gasteiger partial charge is 0.305 e. The maximum absolute atomic E-state index is 4.46. The highest BCUT2D eigenvalue weighted by Crippen LogP contribution is 2.34. The number of rotatable bonds is 4. The molecule has 0 aromatic carbocycles. The summed E-state index contributed by atoms with van der Waals surface area (Å²) >= 11 is 1.78. The summed E-state index contributed by atoms with van der Waals surface area (Å²) in [6.07, 6.45) is 9.77. The molecule has 0 bridgehead atoms. The third-order valence-corrected chi connectivity index (χ3v) is 5.06. The van der Waals surface area contributed by atoms with Crippen LogP contribution in [0.5, 0.6) is 0 Å². The molecule has 1 aliphatic carbocycles. The first-order valence-corrected chi connectivity index (χ1v) is 8.14. The number of thiazole rings is 1. The molecule has 2 rings (SSSR count). The SMILES string of the molecule is CCC(NC1CCCC(C)(C)CC1)c1nccs1. The van der Waals surface area contributed by atoms with E-state index in [1.807, 2.05) is 6.20 Å². The van der Waals surface area contributed by atoms with Crippen molar-refractivity contribution in [1.29, 1.82) is 0 Å². The van der Waals surface area contributed by atoms with Crippen molar-refractivity contribution in [2.24, 2.45) is 5.41 Å². The molecule has 18 heavy (non-hydrogen) atoms. The van der Waals surface area contributed by atoms with Crippen molar-refractivity contribution in [1.82, 2.24) is 10.3 Å². The third kappa shape index (κ3) is 3.79. The number of nitrogens with zero attached hydrogens (tertiary/aromatic N) is 1. The van der Waals surface area contributed by atoms with E-state index >= 15 is 0 Å². The van der Waals surface area contributed by atoms with E-state index in [1.54, 1.807) is 11.3 Å². The minimum absolute atomic E-state index is 0.455. The first-order valence-electron chi connectivity index (χ1n) is 7.26. The van der Waals surface area contributed by atoms with Gasteiger partial charge in [-0.25, -0.2) is 4.98 Å². The molecule has 0 radical (unpaired) electrons. The van der Waals surface area contributed by atoms with Gasteiger partial charge in [-0.1, -0.05) is 27.2 Å². The molecule has 2 unspecified atom stereocenters. The fourth-order valence-electron chi connectivity index (χ4n) is 2.88. The van der Waals surface area contributed by atoms with Crippen LogP contribution in [0.1, 0.15) is 70.3 Å². The number of hydrogen-bond acceptors (Lipinski definition) is 3. The molecule has 0 aliphatic heterocycles. The zero-order valence-corrected chi connectivity index (χ0v) is 12.7. The topological polar surface area (TPSA) is 24.9 Å². The molecule has 0 spiro atoms. The molecule has 2 atom stereocenters. The van der Waals surface area contributed by atoms with E-state index < -0.39 is 0 Å². The van der Waals surface area contributed by atoms with Gasteiger partial charge in [-0.3, -0.25) is 0 Å². The van der Waals surface area contributed by atoms with Gasteiger partial charge in [-0.2, -0.15) is 0 Å². The Morgan fingerprint density at radius 3 is 2.94 bits per heavy atom. The van der Waals surface area contributed by atoms with E-state index in [-0.39, 0.29) is 0 Å². The van der Waals surface area contributed by atoms with Gasteiger partial charge >= 0.3 is 0 Å². The lowest BCUT2D eigenvalue weighted by molar-refractivity contribution is 0.306. The normalized spacial score (nSPS) is 25.6. The van der Waals surface area contributed by atoms with E-state index in [9.17, 15) is 0 Å². The van der Waals surface area contributed by atoms with Crippen LogP contribution in [-0.2, 0) is 0 Å². The smallest absolute Gasteiger partial charge is 0.109 e. The highest BCUT2D eigenvalue weighted by atomic mass is 32.1. The van der Waals surface area contributed by atoms with Gasteiger partial charge < -0.3 is 5.32 Å². The van der Waals surface area contributed by atoms with Crippen LogP contribution in [-0.4, -0.2) is 11.0 Å². The van der Waals surface area contributed by atoms with Gasteiger partial charge in [-0.15, -0.1) is 11.3 Å². The maximum atomic E-state index is 4.46. The van der Waals surface area contributed by atoms with Gasteiger partial charge in [0.05, 0.1) is 6.04 Å². The second-order valence-electron chi connectivity index (χ2n) is 6.29. The Hall–Kier alpha value is -0.410. The summed E-state index contributed by atoms with van der Waals surface area (Å²) in [6, 6.07) is 1.14. The van der Waals surface area contributed by atoms with Crippen molar-refractivity contribution in [3.05, 3.63) is 16.6 Å². The molecule has 2 nitrogen and oxygen atoms in total. The molecular formula is C15H26N2S. The second-order valence-corrected chi connectivity index (χ2v) is 7.22. The van der Waals surface area contributed by atoms with Crippen LogP contribution in [0.2, 0.25) is 0 Å². The van der Waals surface area contributed by atoms with Gasteiger partial charge in [0.15, 0.2) is 0 Å². The molecule has 102 valence electrons. The first-order chi connectivity index (χ1) is 8.61. The molecule has 0 amide bonds. The molecule has 1 aliphatic rings. The maximum Gasteiger partial charge on any atom is 0.109 e. The molecule has 1 aromatic rings. The molecule has 1 fully saturated rings. The van der Waals surface area contributed by atoms with E-state index in [2.05, 4.69) is 36.5 Å². The predicted molar refractivity (Wildman–Crippen MR) is 78.9 cm³/mol. The zero-order valence-electron chi connectivity index (χ0n) is 11.9. The van der Waals surface area contributed by atoms with Crippen molar-refractivity contribution in [3.8, 4) is 0 Å². The third-order valence-electron chi connectivity index (χ3n) is 4.17. The monoisotopic (exact) mass is 266 g/mol. The van der Waals surface area contributed by atoms with Crippen molar-refractivity contribution in [3.63, 3.8) is 0 Å². The molecular weight excluding hydrogens is 240 g/mol. The van der Waals surface area contributed by atoms with Crippen LogP contribution >= 0.6 is 11.3 Å². The van der Waals surface area contributed by atoms with Crippen molar-refractivity contribution in [2.75, 3.05) is 0 Å². The lowest BCUT2D eigenvalue weighted by atomic mass is 9.85. The lowest BCUT2D eigenvalue weighted by Crippen LogP contribution is -2.32. The van der Waals surface area contributed by atoms with E-state index in [0.29, 0.717) is 17.5 Å². The summed E-state index contributed by atoms with van der Waals surface area (Å²) in [5.41, 5.74) is 0.541. The van der Waals surface area contributed by atoms with Gasteiger partial charge in [0.2, 0.25) is 0 Å². The Kier molecular flexibility index (Phi) is 4.79.